The molecule has 0 aliphatic heterocycles. The molecule has 0 aliphatic rings. The normalized spacial score (nSPS) is 9.86. The van der Waals surface area contributed by atoms with Crippen LogP contribution in [0.2, 0.25) is 0 Å². The van der Waals surface area contributed by atoms with Crippen molar-refractivity contribution in [2.45, 2.75) is 46.5 Å². The molecule has 0 saturated carbocycles. The molecule has 14 heavy (non-hydrogen) atoms. The molecule has 0 N–H and O–H groups in total. The monoisotopic (exact) mass is 203 g/mol. The van der Waals surface area contributed by atoms with Gasteiger partial charge in [-0.2, -0.15) is 0 Å². The number of methoxy groups -OCH3 is 1. The minimum atomic E-state index is 0.844. The summed E-state index contributed by atoms with van der Waals surface area (Å²) in [6, 6.07) is 0. The molecule has 0 bridgehead atoms. The molecule has 0 aromatic rings. The fraction of sp³-hybridized carbons (Fsp3) is 1.00. The van der Waals surface area contributed by atoms with Crippen LogP contribution in [0.4, 0.5) is 0 Å². The number of rotatable bonds is 7. The van der Waals surface area contributed by atoms with Crippen molar-refractivity contribution < 1.29 is 4.74 Å². The summed E-state index contributed by atoms with van der Waals surface area (Å²) in [5, 5.41) is 0. The highest BCUT2D eigenvalue weighted by Crippen LogP contribution is 1.88. The maximum absolute atomic E-state index is 4.92. The Morgan fingerprint density at radius 2 is 1.50 bits per heavy atom. The van der Waals surface area contributed by atoms with E-state index in [0.29, 0.717) is 0 Å². The van der Waals surface area contributed by atoms with E-state index >= 15 is 0 Å². The molecular formula is C12H29NO. The first-order valence-electron chi connectivity index (χ1n) is 5.90. The molecule has 0 radical (unpaired) electrons. The molecule has 0 heterocycles. The lowest BCUT2D eigenvalue weighted by atomic mass is 10.3. The summed E-state index contributed by atoms with van der Waals surface area (Å²) in [5.74, 6) is 0. The molecule has 0 unspecified atom stereocenters. The second-order valence-electron chi connectivity index (χ2n) is 3.65. The molecule has 2 nitrogen and oxygen atoms in total. The maximum atomic E-state index is 4.92. The van der Waals surface area contributed by atoms with Crippen LogP contribution in [-0.4, -0.2) is 38.8 Å². The topological polar surface area (TPSA) is 12.5 Å². The summed E-state index contributed by atoms with van der Waals surface area (Å²) >= 11 is 0. The SMILES string of the molecule is CCCCC.CCCN(C)CCOC. The minimum absolute atomic E-state index is 0.844. The number of ether oxygens (including phenoxy) is 1. The van der Waals surface area contributed by atoms with E-state index in [1.165, 1.54) is 32.2 Å². The Bertz CT molecular complexity index is 84.4. The van der Waals surface area contributed by atoms with E-state index < -0.39 is 0 Å². The molecule has 0 fully saturated rings. The molecule has 0 aromatic heterocycles. The van der Waals surface area contributed by atoms with E-state index in [-0.39, 0.29) is 0 Å². The van der Waals surface area contributed by atoms with Crippen molar-refractivity contribution in [1.82, 2.24) is 4.90 Å². The number of nitrogens with zero attached hydrogens (tertiary/aromatic N) is 1. The summed E-state index contributed by atoms with van der Waals surface area (Å²) in [6.45, 7) is 9.67. The third-order valence-electron chi connectivity index (χ3n) is 1.99. The molecule has 0 aliphatic carbocycles. The van der Waals surface area contributed by atoms with E-state index in [1.54, 1.807) is 7.11 Å². The Morgan fingerprint density at radius 3 is 1.79 bits per heavy atom. The fourth-order valence-electron chi connectivity index (χ4n) is 1.09. The molecule has 0 atom stereocenters. The predicted octanol–water partition coefficient (Wildman–Crippen LogP) is 3.17. The van der Waals surface area contributed by atoms with Gasteiger partial charge in [-0.3, -0.25) is 0 Å². The Labute approximate surface area is 90.6 Å². The van der Waals surface area contributed by atoms with Crippen LogP contribution in [0.25, 0.3) is 0 Å². The number of likely N-dealkylation sites (N-methyl/N-ethyl adjacent to an activating group) is 1. The van der Waals surface area contributed by atoms with Gasteiger partial charge in [0.15, 0.2) is 0 Å². The average Bonchev–Trinajstić information content (AvgIpc) is 2.17. The minimum Gasteiger partial charge on any atom is -0.383 e. The largest absolute Gasteiger partial charge is 0.383 e. The summed E-state index contributed by atoms with van der Waals surface area (Å²) in [5.41, 5.74) is 0. The first-order chi connectivity index (χ1) is 6.72. The van der Waals surface area contributed by atoms with Crippen LogP contribution in [0.3, 0.4) is 0 Å². The highest BCUT2D eigenvalue weighted by Gasteiger charge is 1.92. The van der Waals surface area contributed by atoms with Gasteiger partial charge in [-0.25, -0.2) is 0 Å². The first kappa shape index (κ1) is 16.4. The Morgan fingerprint density at radius 1 is 0.929 bits per heavy atom. The number of hydrogen-bond donors (Lipinski definition) is 0. The lowest BCUT2D eigenvalue weighted by molar-refractivity contribution is 0.161. The van der Waals surface area contributed by atoms with Crippen molar-refractivity contribution in [3.63, 3.8) is 0 Å². The van der Waals surface area contributed by atoms with Gasteiger partial charge in [0.05, 0.1) is 6.61 Å². The van der Waals surface area contributed by atoms with Gasteiger partial charge in [-0.05, 0) is 20.0 Å². The summed E-state index contributed by atoms with van der Waals surface area (Å²) in [6.07, 6.45) is 5.30. The highest BCUT2D eigenvalue weighted by atomic mass is 16.5. The number of hydrogen-bond acceptors (Lipinski definition) is 2. The molecule has 0 spiro atoms. The Hall–Kier alpha value is -0.0800. The molecule has 0 rings (SSSR count). The molecule has 0 aromatic carbocycles. The lowest BCUT2D eigenvalue weighted by Gasteiger charge is -2.13. The van der Waals surface area contributed by atoms with E-state index in [1.807, 2.05) is 0 Å². The molecule has 88 valence electrons. The van der Waals surface area contributed by atoms with Crippen LogP contribution < -0.4 is 0 Å². The van der Waals surface area contributed by atoms with Crippen molar-refractivity contribution in [2.24, 2.45) is 0 Å². The van der Waals surface area contributed by atoms with Gasteiger partial charge in [0.2, 0.25) is 0 Å². The fourth-order valence-corrected chi connectivity index (χ4v) is 1.09. The average molecular weight is 203 g/mol. The zero-order valence-electron chi connectivity index (χ0n) is 10.8. The zero-order chi connectivity index (χ0) is 11.2. The van der Waals surface area contributed by atoms with Crippen LogP contribution in [0.1, 0.15) is 46.5 Å². The Kier molecular flexibility index (Phi) is 18.0. The third-order valence-corrected chi connectivity index (χ3v) is 1.99. The quantitative estimate of drug-likeness (QED) is 0.630. The first-order valence-corrected chi connectivity index (χ1v) is 5.90. The van der Waals surface area contributed by atoms with E-state index in [0.717, 1.165) is 13.2 Å². The van der Waals surface area contributed by atoms with Gasteiger partial charge >= 0.3 is 0 Å². The van der Waals surface area contributed by atoms with Gasteiger partial charge in [-0.1, -0.05) is 40.0 Å². The van der Waals surface area contributed by atoms with Crippen molar-refractivity contribution in [1.29, 1.82) is 0 Å². The van der Waals surface area contributed by atoms with E-state index in [9.17, 15) is 0 Å². The zero-order valence-corrected chi connectivity index (χ0v) is 10.8. The summed E-state index contributed by atoms with van der Waals surface area (Å²) < 4.78 is 4.92. The number of unbranched alkanes of at least 4 members (excludes halogenated alkanes) is 2. The van der Waals surface area contributed by atoms with Crippen LogP contribution in [0.15, 0.2) is 0 Å². The van der Waals surface area contributed by atoms with Gasteiger partial charge in [0.25, 0.3) is 0 Å². The molecule has 2 heteroatoms. The standard InChI is InChI=1S/C7H17NO.C5H12/c1-4-5-8(2)6-7-9-3;1-3-5-4-2/h4-7H2,1-3H3;3-5H2,1-2H3. The summed E-state index contributed by atoms with van der Waals surface area (Å²) in [7, 11) is 3.85. The molecular weight excluding hydrogens is 174 g/mol. The third kappa shape index (κ3) is 17.9. The van der Waals surface area contributed by atoms with E-state index in [4.69, 9.17) is 4.74 Å². The van der Waals surface area contributed by atoms with Crippen LogP contribution in [0.5, 0.6) is 0 Å². The second-order valence-corrected chi connectivity index (χ2v) is 3.65. The van der Waals surface area contributed by atoms with Crippen molar-refractivity contribution in [2.75, 3.05) is 33.9 Å². The smallest absolute Gasteiger partial charge is 0.0589 e. The second kappa shape index (κ2) is 15.4. The van der Waals surface area contributed by atoms with Crippen LogP contribution >= 0.6 is 0 Å². The van der Waals surface area contributed by atoms with Crippen LogP contribution in [0, 0.1) is 0 Å². The lowest BCUT2D eigenvalue weighted by Crippen LogP contribution is -2.23. The van der Waals surface area contributed by atoms with Gasteiger partial charge in [0, 0.05) is 13.7 Å². The van der Waals surface area contributed by atoms with Gasteiger partial charge < -0.3 is 9.64 Å². The van der Waals surface area contributed by atoms with Crippen molar-refractivity contribution in [3.05, 3.63) is 0 Å². The van der Waals surface area contributed by atoms with Crippen molar-refractivity contribution in [3.8, 4) is 0 Å². The van der Waals surface area contributed by atoms with Gasteiger partial charge in [0.1, 0.15) is 0 Å². The highest BCUT2D eigenvalue weighted by molar-refractivity contribution is 4.46. The summed E-state index contributed by atoms with van der Waals surface area (Å²) in [4.78, 5) is 2.27. The molecule has 0 saturated heterocycles. The predicted molar refractivity (Wildman–Crippen MR) is 64.9 cm³/mol. The van der Waals surface area contributed by atoms with Crippen molar-refractivity contribution >= 4 is 0 Å². The Balaban J connectivity index is 0. The van der Waals surface area contributed by atoms with Crippen LogP contribution in [-0.2, 0) is 4.74 Å². The van der Waals surface area contributed by atoms with E-state index in [2.05, 4.69) is 32.7 Å². The molecule has 0 amide bonds. The maximum Gasteiger partial charge on any atom is 0.0589 e. The van der Waals surface area contributed by atoms with Gasteiger partial charge in [-0.15, -0.1) is 0 Å².